The molecule has 1 aromatic heterocycles. The molecule has 0 unspecified atom stereocenters. The van der Waals surface area contributed by atoms with Gasteiger partial charge in [0.15, 0.2) is 11.6 Å². The minimum atomic E-state index is -0.638. The van der Waals surface area contributed by atoms with Gasteiger partial charge in [-0.2, -0.15) is 4.98 Å². The molecule has 0 bridgehead atoms. The molecule has 1 aliphatic heterocycles. The summed E-state index contributed by atoms with van der Waals surface area (Å²) in [5.74, 6) is -0.837. The van der Waals surface area contributed by atoms with Crippen LogP contribution in [0.5, 0.6) is 6.01 Å². The lowest BCUT2D eigenvalue weighted by Gasteiger charge is -2.37. The van der Waals surface area contributed by atoms with Crippen LogP contribution in [0.1, 0.15) is 6.92 Å². The van der Waals surface area contributed by atoms with E-state index in [9.17, 15) is 4.39 Å². The average molecular weight is 213 g/mol. The molecule has 0 saturated carbocycles. The van der Waals surface area contributed by atoms with E-state index < -0.39 is 5.82 Å². The summed E-state index contributed by atoms with van der Waals surface area (Å²) in [5, 5.41) is 0. The SMILES string of the molecule is CC1(COc2ncc(F)c(N)n2)COC1. The van der Waals surface area contributed by atoms with E-state index in [1.807, 2.05) is 6.92 Å². The maximum absolute atomic E-state index is 12.7. The molecule has 1 aromatic rings. The van der Waals surface area contributed by atoms with Crippen molar-refractivity contribution in [3.05, 3.63) is 12.0 Å². The molecule has 0 aromatic carbocycles. The minimum absolute atomic E-state index is 0.00646. The fourth-order valence-corrected chi connectivity index (χ4v) is 1.21. The topological polar surface area (TPSA) is 70.3 Å². The first-order valence-corrected chi connectivity index (χ1v) is 4.58. The molecule has 0 amide bonds. The molecule has 5 nitrogen and oxygen atoms in total. The highest BCUT2D eigenvalue weighted by Crippen LogP contribution is 2.26. The third-order valence-corrected chi connectivity index (χ3v) is 2.20. The zero-order valence-corrected chi connectivity index (χ0v) is 8.36. The zero-order chi connectivity index (χ0) is 10.9. The Labute approximate surface area is 86.4 Å². The van der Waals surface area contributed by atoms with Gasteiger partial charge in [-0.15, -0.1) is 0 Å². The van der Waals surface area contributed by atoms with Gasteiger partial charge in [0, 0.05) is 5.41 Å². The average Bonchev–Trinajstić information content (AvgIpc) is 2.17. The Balaban J connectivity index is 1.96. The monoisotopic (exact) mass is 213 g/mol. The fourth-order valence-electron chi connectivity index (χ4n) is 1.21. The van der Waals surface area contributed by atoms with Gasteiger partial charge >= 0.3 is 6.01 Å². The predicted molar refractivity (Wildman–Crippen MR) is 50.8 cm³/mol. The molecule has 2 rings (SSSR count). The zero-order valence-electron chi connectivity index (χ0n) is 8.36. The highest BCUT2D eigenvalue weighted by molar-refractivity contribution is 5.29. The molecule has 1 fully saturated rings. The van der Waals surface area contributed by atoms with E-state index >= 15 is 0 Å². The number of nitrogens with zero attached hydrogens (tertiary/aromatic N) is 2. The van der Waals surface area contributed by atoms with Gasteiger partial charge in [-0.1, -0.05) is 6.92 Å². The van der Waals surface area contributed by atoms with Crippen LogP contribution in [0.25, 0.3) is 0 Å². The van der Waals surface area contributed by atoms with Crippen LogP contribution in [-0.4, -0.2) is 29.8 Å². The van der Waals surface area contributed by atoms with Crippen LogP contribution in [-0.2, 0) is 4.74 Å². The normalized spacial score (nSPS) is 18.3. The van der Waals surface area contributed by atoms with E-state index in [0.717, 1.165) is 6.20 Å². The molecule has 0 aliphatic carbocycles. The molecule has 0 atom stereocenters. The summed E-state index contributed by atoms with van der Waals surface area (Å²) in [6, 6.07) is 0.0991. The van der Waals surface area contributed by atoms with Gasteiger partial charge in [-0.3, -0.25) is 0 Å². The number of ether oxygens (including phenoxy) is 2. The maximum Gasteiger partial charge on any atom is 0.318 e. The number of anilines is 1. The largest absolute Gasteiger partial charge is 0.463 e. The summed E-state index contributed by atoms with van der Waals surface area (Å²) in [6.45, 7) is 3.79. The standard InChI is InChI=1S/C9H12FN3O2/c1-9(3-14-4-9)5-15-8-12-2-6(10)7(11)13-8/h2H,3-5H2,1H3,(H2,11,12,13). The van der Waals surface area contributed by atoms with Crippen LogP contribution < -0.4 is 10.5 Å². The van der Waals surface area contributed by atoms with Crippen molar-refractivity contribution in [1.82, 2.24) is 9.97 Å². The van der Waals surface area contributed by atoms with Gasteiger partial charge in [0.25, 0.3) is 0 Å². The molecule has 2 N–H and O–H groups in total. The van der Waals surface area contributed by atoms with E-state index in [4.69, 9.17) is 15.2 Å². The van der Waals surface area contributed by atoms with Gasteiger partial charge in [0.1, 0.15) is 6.61 Å². The first-order valence-electron chi connectivity index (χ1n) is 4.58. The lowest BCUT2D eigenvalue weighted by Crippen LogP contribution is -2.44. The molecule has 15 heavy (non-hydrogen) atoms. The summed E-state index contributed by atoms with van der Waals surface area (Å²) in [5.41, 5.74) is 5.28. The third kappa shape index (κ3) is 2.15. The van der Waals surface area contributed by atoms with Crippen molar-refractivity contribution in [3.8, 4) is 6.01 Å². The molecular weight excluding hydrogens is 201 g/mol. The number of halogens is 1. The van der Waals surface area contributed by atoms with Crippen molar-refractivity contribution < 1.29 is 13.9 Å². The van der Waals surface area contributed by atoms with Gasteiger partial charge in [0.05, 0.1) is 19.4 Å². The number of rotatable bonds is 3. The molecule has 0 radical (unpaired) electrons. The number of nitrogens with two attached hydrogens (primary N) is 1. The molecular formula is C9H12FN3O2. The number of hydrogen-bond donors (Lipinski definition) is 1. The van der Waals surface area contributed by atoms with Crippen molar-refractivity contribution in [2.75, 3.05) is 25.6 Å². The van der Waals surface area contributed by atoms with Crippen LogP contribution in [0, 0.1) is 11.2 Å². The molecule has 0 spiro atoms. The van der Waals surface area contributed by atoms with E-state index in [1.54, 1.807) is 0 Å². The van der Waals surface area contributed by atoms with Gasteiger partial charge in [-0.25, -0.2) is 9.37 Å². The molecule has 2 heterocycles. The second-order valence-electron chi connectivity index (χ2n) is 3.98. The lowest BCUT2D eigenvalue weighted by molar-refractivity contribution is -0.121. The van der Waals surface area contributed by atoms with Crippen LogP contribution in [0.15, 0.2) is 6.20 Å². The summed E-state index contributed by atoms with van der Waals surface area (Å²) >= 11 is 0. The van der Waals surface area contributed by atoms with Crippen LogP contribution in [0.4, 0.5) is 10.2 Å². The van der Waals surface area contributed by atoms with Gasteiger partial charge < -0.3 is 15.2 Å². The first-order chi connectivity index (χ1) is 7.09. The van der Waals surface area contributed by atoms with Gasteiger partial charge in [0.2, 0.25) is 0 Å². The molecule has 6 heteroatoms. The summed E-state index contributed by atoms with van der Waals surface area (Å²) in [4.78, 5) is 7.33. The molecule has 82 valence electrons. The Morgan fingerprint density at radius 3 is 2.93 bits per heavy atom. The quantitative estimate of drug-likeness (QED) is 0.796. The van der Waals surface area contributed by atoms with Crippen molar-refractivity contribution in [2.45, 2.75) is 6.92 Å². The van der Waals surface area contributed by atoms with Gasteiger partial charge in [-0.05, 0) is 0 Å². The Hall–Kier alpha value is -1.43. The van der Waals surface area contributed by atoms with E-state index in [1.165, 1.54) is 0 Å². The fraction of sp³-hybridized carbons (Fsp3) is 0.556. The van der Waals surface area contributed by atoms with E-state index in [-0.39, 0.29) is 17.2 Å². The molecule has 1 aliphatic rings. The van der Waals surface area contributed by atoms with Crippen LogP contribution >= 0.6 is 0 Å². The predicted octanol–water partition coefficient (Wildman–Crippen LogP) is 0.613. The Bertz CT molecular complexity index is 368. The second-order valence-corrected chi connectivity index (χ2v) is 3.98. The van der Waals surface area contributed by atoms with E-state index in [2.05, 4.69) is 9.97 Å². The Morgan fingerprint density at radius 1 is 1.67 bits per heavy atom. The number of aromatic nitrogens is 2. The van der Waals surface area contributed by atoms with Crippen molar-refractivity contribution >= 4 is 5.82 Å². The summed E-state index contributed by atoms with van der Waals surface area (Å²) < 4.78 is 23.1. The Kier molecular flexibility index (Phi) is 2.44. The highest BCUT2D eigenvalue weighted by Gasteiger charge is 2.34. The van der Waals surface area contributed by atoms with Crippen LogP contribution in [0.2, 0.25) is 0 Å². The molecule has 1 saturated heterocycles. The van der Waals surface area contributed by atoms with Crippen molar-refractivity contribution in [3.63, 3.8) is 0 Å². The number of hydrogen-bond acceptors (Lipinski definition) is 5. The van der Waals surface area contributed by atoms with E-state index in [0.29, 0.717) is 19.8 Å². The Morgan fingerprint density at radius 2 is 2.40 bits per heavy atom. The first kappa shape index (κ1) is 10.1. The smallest absolute Gasteiger partial charge is 0.318 e. The second kappa shape index (κ2) is 3.62. The third-order valence-electron chi connectivity index (χ3n) is 2.20. The van der Waals surface area contributed by atoms with Crippen molar-refractivity contribution in [1.29, 1.82) is 0 Å². The maximum atomic E-state index is 12.7. The highest BCUT2D eigenvalue weighted by atomic mass is 19.1. The van der Waals surface area contributed by atoms with Crippen LogP contribution in [0.3, 0.4) is 0 Å². The minimum Gasteiger partial charge on any atom is -0.463 e. The van der Waals surface area contributed by atoms with Crippen molar-refractivity contribution in [2.24, 2.45) is 5.41 Å². The lowest BCUT2D eigenvalue weighted by atomic mass is 9.90. The summed E-state index contributed by atoms with van der Waals surface area (Å²) in [6.07, 6.45) is 0.997. The number of nitrogen functional groups attached to an aromatic ring is 1. The summed E-state index contributed by atoms with van der Waals surface area (Å²) in [7, 11) is 0.